The number of hydrogen-bond donors (Lipinski definition) is 1. The van der Waals surface area contributed by atoms with Gasteiger partial charge >= 0.3 is 0 Å². The number of aryl methyl sites for hydroxylation is 2. The van der Waals surface area contributed by atoms with Gasteiger partial charge in [-0.25, -0.2) is 0 Å². The van der Waals surface area contributed by atoms with Crippen molar-refractivity contribution in [2.75, 3.05) is 13.1 Å². The highest BCUT2D eigenvalue weighted by atomic mass is 16.1. The van der Waals surface area contributed by atoms with Gasteiger partial charge in [0.15, 0.2) is 5.78 Å². The van der Waals surface area contributed by atoms with E-state index in [1.165, 1.54) is 11.1 Å². The molecular weight excluding hydrogens is 248 g/mol. The minimum Gasteiger partial charge on any atom is -0.350 e. The SMILES string of the molecule is CCc1cccc2c(C(=O)C3CCNCC3)cn(C)c12. The highest BCUT2D eigenvalue weighted by molar-refractivity contribution is 6.09. The summed E-state index contributed by atoms with van der Waals surface area (Å²) >= 11 is 0. The van der Waals surface area contributed by atoms with Crippen LogP contribution in [0, 0.1) is 5.92 Å². The Morgan fingerprint density at radius 2 is 2.10 bits per heavy atom. The van der Waals surface area contributed by atoms with Gasteiger partial charge in [0.25, 0.3) is 0 Å². The van der Waals surface area contributed by atoms with Gasteiger partial charge in [-0.1, -0.05) is 25.1 Å². The maximum absolute atomic E-state index is 12.8. The normalized spacial score (nSPS) is 16.7. The zero-order valence-corrected chi connectivity index (χ0v) is 12.3. The summed E-state index contributed by atoms with van der Waals surface area (Å²) in [5, 5.41) is 4.44. The Hall–Kier alpha value is -1.61. The lowest BCUT2D eigenvalue weighted by Gasteiger charge is -2.21. The molecule has 3 rings (SSSR count). The molecule has 0 radical (unpaired) electrons. The highest BCUT2D eigenvalue weighted by Crippen LogP contribution is 2.28. The second kappa shape index (κ2) is 5.41. The number of ketones is 1. The predicted octanol–water partition coefficient (Wildman–Crippen LogP) is 2.92. The van der Waals surface area contributed by atoms with Crippen molar-refractivity contribution in [3.05, 3.63) is 35.5 Å². The molecule has 0 amide bonds. The Bertz CT molecular complexity index is 636. The number of rotatable bonds is 3. The lowest BCUT2D eigenvalue weighted by molar-refractivity contribution is 0.0896. The molecule has 0 bridgehead atoms. The van der Waals surface area contributed by atoms with Crippen LogP contribution < -0.4 is 5.32 Å². The summed E-state index contributed by atoms with van der Waals surface area (Å²) in [5.41, 5.74) is 3.44. The summed E-state index contributed by atoms with van der Waals surface area (Å²) in [4.78, 5) is 12.8. The maximum Gasteiger partial charge on any atom is 0.168 e. The van der Waals surface area contributed by atoms with Gasteiger partial charge in [-0.3, -0.25) is 4.79 Å². The Balaban J connectivity index is 2.05. The molecule has 0 aliphatic carbocycles. The fourth-order valence-electron chi connectivity index (χ4n) is 3.34. The minimum atomic E-state index is 0.187. The molecule has 2 heterocycles. The summed E-state index contributed by atoms with van der Waals surface area (Å²) in [6, 6.07) is 6.31. The molecule has 0 saturated carbocycles. The third-order valence-corrected chi connectivity index (χ3v) is 4.44. The summed E-state index contributed by atoms with van der Waals surface area (Å²) in [7, 11) is 2.04. The molecule has 1 N–H and O–H groups in total. The molecule has 20 heavy (non-hydrogen) atoms. The van der Waals surface area contributed by atoms with Crippen LogP contribution in [-0.2, 0) is 13.5 Å². The largest absolute Gasteiger partial charge is 0.350 e. The van der Waals surface area contributed by atoms with E-state index in [1.807, 2.05) is 13.2 Å². The van der Waals surface area contributed by atoms with E-state index in [0.29, 0.717) is 5.78 Å². The van der Waals surface area contributed by atoms with Crippen molar-refractivity contribution >= 4 is 16.7 Å². The smallest absolute Gasteiger partial charge is 0.168 e. The van der Waals surface area contributed by atoms with E-state index < -0.39 is 0 Å². The molecular formula is C17H22N2O. The number of hydrogen-bond acceptors (Lipinski definition) is 2. The van der Waals surface area contributed by atoms with E-state index in [9.17, 15) is 4.79 Å². The Labute approximate surface area is 120 Å². The minimum absolute atomic E-state index is 0.187. The van der Waals surface area contributed by atoms with Crippen molar-refractivity contribution in [1.82, 2.24) is 9.88 Å². The number of carbonyl (C=O) groups is 1. The first-order valence-electron chi connectivity index (χ1n) is 7.54. The molecule has 1 fully saturated rings. The molecule has 3 nitrogen and oxygen atoms in total. The van der Waals surface area contributed by atoms with E-state index in [-0.39, 0.29) is 5.92 Å². The van der Waals surface area contributed by atoms with Crippen LogP contribution in [0.25, 0.3) is 10.9 Å². The van der Waals surface area contributed by atoms with Crippen molar-refractivity contribution < 1.29 is 4.79 Å². The topological polar surface area (TPSA) is 34.0 Å². The monoisotopic (exact) mass is 270 g/mol. The van der Waals surface area contributed by atoms with Crippen molar-refractivity contribution in [3.63, 3.8) is 0 Å². The molecule has 1 aromatic heterocycles. The number of fused-ring (bicyclic) bond motifs is 1. The van der Waals surface area contributed by atoms with Gasteiger partial charge in [0, 0.05) is 30.1 Å². The van der Waals surface area contributed by atoms with Gasteiger partial charge < -0.3 is 9.88 Å². The lowest BCUT2D eigenvalue weighted by atomic mass is 9.89. The van der Waals surface area contributed by atoms with Crippen LogP contribution >= 0.6 is 0 Å². The number of piperidine rings is 1. The molecule has 1 aromatic carbocycles. The number of aromatic nitrogens is 1. The summed E-state index contributed by atoms with van der Waals surface area (Å²) < 4.78 is 2.11. The van der Waals surface area contributed by atoms with Crippen LogP contribution in [0.5, 0.6) is 0 Å². The molecule has 1 aliphatic rings. The number of benzene rings is 1. The molecule has 1 aliphatic heterocycles. The predicted molar refractivity (Wildman–Crippen MR) is 82.2 cm³/mol. The van der Waals surface area contributed by atoms with Crippen molar-refractivity contribution in [3.8, 4) is 0 Å². The van der Waals surface area contributed by atoms with Gasteiger partial charge in [-0.15, -0.1) is 0 Å². The Kier molecular flexibility index (Phi) is 3.62. The maximum atomic E-state index is 12.8. The van der Waals surface area contributed by atoms with Gasteiger partial charge in [-0.2, -0.15) is 0 Å². The quantitative estimate of drug-likeness (QED) is 0.870. The van der Waals surface area contributed by atoms with Crippen molar-refractivity contribution in [2.45, 2.75) is 26.2 Å². The van der Waals surface area contributed by atoms with Gasteiger partial charge in [-0.05, 0) is 37.9 Å². The second-order valence-electron chi connectivity index (χ2n) is 5.71. The number of para-hydroxylation sites is 1. The standard InChI is InChI=1S/C17H22N2O/c1-3-12-5-4-6-14-15(11-19(2)16(12)14)17(20)13-7-9-18-10-8-13/h4-6,11,13,18H,3,7-10H2,1-2H3. The van der Waals surface area contributed by atoms with Crippen LogP contribution in [0.3, 0.4) is 0 Å². The average Bonchev–Trinajstić information content (AvgIpc) is 2.85. The number of nitrogens with zero attached hydrogens (tertiary/aromatic N) is 1. The van der Waals surface area contributed by atoms with Gasteiger partial charge in [0.05, 0.1) is 5.52 Å². The second-order valence-corrected chi connectivity index (χ2v) is 5.71. The molecule has 0 spiro atoms. The van der Waals surface area contributed by atoms with E-state index in [2.05, 4.69) is 35.0 Å². The Morgan fingerprint density at radius 3 is 2.80 bits per heavy atom. The molecule has 1 saturated heterocycles. The van der Waals surface area contributed by atoms with Crippen LogP contribution in [0.2, 0.25) is 0 Å². The van der Waals surface area contributed by atoms with Gasteiger partial charge in [0.2, 0.25) is 0 Å². The van der Waals surface area contributed by atoms with E-state index in [4.69, 9.17) is 0 Å². The summed E-state index contributed by atoms with van der Waals surface area (Å²) in [6.45, 7) is 4.08. The fraction of sp³-hybridized carbons (Fsp3) is 0.471. The number of carbonyl (C=O) groups excluding carboxylic acids is 1. The first-order chi connectivity index (χ1) is 9.72. The number of nitrogens with one attached hydrogen (secondary N) is 1. The third-order valence-electron chi connectivity index (χ3n) is 4.44. The number of Topliss-reactive ketones (excluding diaryl/α,β-unsaturated/α-hetero) is 1. The van der Waals surface area contributed by atoms with Crippen molar-refractivity contribution in [1.29, 1.82) is 0 Å². The summed E-state index contributed by atoms with van der Waals surface area (Å²) in [6.07, 6.45) is 4.94. The molecule has 3 heteroatoms. The lowest BCUT2D eigenvalue weighted by Crippen LogP contribution is -2.31. The van der Waals surface area contributed by atoms with Crippen LogP contribution in [-0.4, -0.2) is 23.4 Å². The van der Waals surface area contributed by atoms with E-state index >= 15 is 0 Å². The Morgan fingerprint density at radius 1 is 1.35 bits per heavy atom. The average molecular weight is 270 g/mol. The van der Waals surface area contributed by atoms with Crippen LogP contribution in [0.15, 0.2) is 24.4 Å². The first kappa shape index (κ1) is 13.4. The van der Waals surface area contributed by atoms with Gasteiger partial charge in [0.1, 0.15) is 0 Å². The molecule has 0 unspecified atom stereocenters. The fourth-order valence-corrected chi connectivity index (χ4v) is 3.34. The highest BCUT2D eigenvalue weighted by Gasteiger charge is 2.25. The van der Waals surface area contributed by atoms with E-state index in [1.54, 1.807) is 0 Å². The molecule has 106 valence electrons. The van der Waals surface area contributed by atoms with Crippen LogP contribution in [0.1, 0.15) is 35.7 Å². The molecule has 2 aromatic rings. The molecule has 0 atom stereocenters. The first-order valence-corrected chi connectivity index (χ1v) is 7.54. The van der Waals surface area contributed by atoms with E-state index in [0.717, 1.165) is 43.3 Å². The third kappa shape index (κ3) is 2.16. The zero-order valence-electron chi connectivity index (χ0n) is 12.3. The van der Waals surface area contributed by atoms with Crippen LogP contribution in [0.4, 0.5) is 0 Å². The van der Waals surface area contributed by atoms with Crippen molar-refractivity contribution in [2.24, 2.45) is 13.0 Å². The zero-order chi connectivity index (χ0) is 14.1. The summed E-state index contributed by atoms with van der Waals surface area (Å²) in [5.74, 6) is 0.512.